The first-order chi connectivity index (χ1) is 5.67. The van der Waals surface area contributed by atoms with Crippen LogP contribution in [0.4, 0.5) is 0 Å². The number of hydrogen-bond donors (Lipinski definition) is 2. The van der Waals surface area contributed by atoms with Gasteiger partial charge in [-0.05, 0) is 23.3 Å². The van der Waals surface area contributed by atoms with Crippen molar-refractivity contribution in [3.8, 4) is 0 Å². The molecule has 1 aromatic carbocycles. The molecule has 1 aliphatic carbocycles. The van der Waals surface area contributed by atoms with Crippen LogP contribution in [-0.4, -0.2) is 5.66 Å². The minimum atomic E-state index is -0.714. The van der Waals surface area contributed by atoms with E-state index in [2.05, 4.69) is 6.08 Å². The maximum atomic E-state index is 5.75. The Morgan fingerprint density at radius 1 is 1.25 bits per heavy atom. The molecule has 0 amide bonds. The van der Waals surface area contributed by atoms with Crippen molar-refractivity contribution >= 4 is 0 Å². The van der Waals surface area contributed by atoms with Crippen LogP contribution in [0.5, 0.6) is 0 Å². The van der Waals surface area contributed by atoms with Crippen LogP contribution in [0.3, 0.4) is 0 Å². The second-order valence-corrected chi connectivity index (χ2v) is 3.23. The van der Waals surface area contributed by atoms with Gasteiger partial charge < -0.3 is 11.5 Å². The van der Waals surface area contributed by atoms with E-state index in [1.807, 2.05) is 24.3 Å². The summed E-state index contributed by atoms with van der Waals surface area (Å²) in [5, 5.41) is 0. The van der Waals surface area contributed by atoms with Crippen molar-refractivity contribution in [3.05, 3.63) is 47.5 Å². The zero-order valence-electron chi connectivity index (χ0n) is 6.75. The van der Waals surface area contributed by atoms with Gasteiger partial charge in [0.2, 0.25) is 0 Å². The molecule has 0 saturated heterocycles. The zero-order valence-corrected chi connectivity index (χ0v) is 6.75. The average molecular weight is 159 g/mol. The topological polar surface area (TPSA) is 52.0 Å². The predicted molar refractivity (Wildman–Crippen MR) is 48.2 cm³/mol. The van der Waals surface area contributed by atoms with Crippen LogP contribution in [0.15, 0.2) is 30.3 Å². The summed E-state index contributed by atoms with van der Waals surface area (Å²) >= 11 is 0. The van der Waals surface area contributed by atoms with Crippen LogP contribution in [0, 0.1) is 6.08 Å². The van der Waals surface area contributed by atoms with Gasteiger partial charge in [0.1, 0.15) is 0 Å². The van der Waals surface area contributed by atoms with Crippen LogP contribution >= 0.6 is 0 Å². The molecule has 2 rings (SSSR count). The molecule has 0 unspecified atom stereocenters. The third-order valence-electron chi connectivity index (χ3n) is 2.01. The van der Waals surface area contributed by atoms with Crippen molar-refractivity contribution in [2.45, 2.75) is 12.1 Å². The van der Waals surface area contributed by atoms with Gasteiger partial charge in [-0.1, -0.05) is 24.3 Å². The van der Waals surface area contributed by atoms with Crippen LogP contribution < -0.4 is 11.5 Å². The Kier molecular flexibility index (Phi) is 1.53. The van der Waals surface area contributed by atoms with E-state index in [4.69, 9.17) is 11.5 Å². The van der Waals surface area contributed by atoms with E-state index in [1.165, 1.54) is 5.56 Å². The normalized spacial score (nSPS) is 18.8. The standard InChI is InChI=1S/C10H11N2/c11-10(12)6-5-8-3-1-2-4-9(8)7-10/h1-4,6H,7,11-12H2. The zero-order chi connectivity index (χ0) is 8.60. The summed E-state index contributed by atoms with van der Waals surface area (Å²) in [6, 6.07) is 8.02. The number of nitrogens with two attached hydrogens (primary N) is 2. The van der Waals surface area contributed by atoms with Crippen molar-refractivity contribution in [2.75, 3.05) is 0 Å². The van der Waals surface area contributed by atoms with Gasteiger partial charge in [0, 0.05) is 6.42 Å². The maximum absolute atomic E-state index is 5.75. The molecule has 2 nitrogen and oxygen atoms in total. The molecule has 0 fully saturated rings. The Morgan fingerprint density at radius 2 is 2.00 bits per heavy atom. The van der Waals surface area contributed by atoms with Gasteiger partial charge in [-0.2, -0.15) is 0 Å². The van der Waals surface area contributed by atoms with Crippen molar-refractivity contribution in [2.24, 2.45) is 11.5 Å². The predicted octanol–water partition coefficient (Wildman–Crippen LogP) is 0.564. The first-order valence-corrected chi connectivity index (χ1v) is 3.94. The highest BCUT2D eigenvalue weighted by molar-refractivity contribution is 5.38. The lowest BCUT2D eigenvalue weighted by atomic mass is 9.91. The molecule has 0 aromatic heterocycles. The van der Waals surface area contributed by atoms with Gasteiger partial charge in [-0.25, -0.2) is 0 Å². The summed E-state index contributed by atoms with van der Waals surface area (Å²) in [5.74, 6) is 0. The second kappa shape index (κ2) is 2.44. The van der Waals surface area contributed by atoms with Crippen LogP contribution in [-0.2, 0) is 6.42 Å². The first-order valence-electron chi connectivity index (χ1n) is 3.94. The SMILES string of the molecule is NC1(N)C=[C]c2ccccc2C1. The van der Waals surface area contributed by atoms with E-state index in [1.54, 1.807) is 6.08 Å². The molecule has 1 aliphatic rings. The Labute approximate surface area is 71.9 Å². The Bertz CT molecular complexity index is 326. The Morgan fingerprint density at radius 3 is 2.83 bits per heavy atom. The van der Waals surface area contributed by atoms with Gasteiger partial charge in [0.15, 0.2) is 0 Å². The largest absolute Gasteiger partial charge is 0.310 e. The molecular weight excluding hydrogens is 148 g/mol. The minimum absolute atomic E-state index is 0.691. The molecule has 0 aliphatic heterocycles. The summed E-state index contributed by atoms with van der Waals surface area (Å²) in [6.45, 7) is 0. The van der Waals surface area contributed by atoms with E-state index in [9.17, 15) is 0 Å². The smallest absolute Gasteiger partial charge is 0.0879 e. The van der Waals surface area contributed by atoms with Crippen molar-refractivity contribution in [1.29, 1.82) is 0 Å². The van der Waals surface area contributed by atoms with Gasteiger partial charge in [0.05, 0.1) is 5.66 Å². The summed E-state index contributed by atoms with van der Waals surface area (Å²) < 4.78 is 0. The molecule has 0 saturated carbocycles. The lowest BCUT2D eigenvalue weighted by molar-refractivity contribution is 0.540. The highest BCUT2D eigenvalue weighted by Gasteiger charge is 2.20. The summed E-state index contributed by atoms with van der Waals surface area (Å²) in [6.07, 6.45) is 5.50. The molecule has 0 heterocycles. The summed E-state index contributed by atoms with van der Waals surface area (Å²) in [4.78, 5) is 0. The second-order valence-electron chi connectivity index (χ2n) is 3.23. The van der Waals surface area contributed by atoms with Crippen molar-refractivity contribution in [3.63, 3.8) is 0 Å². The Balaban J connectivity index is 2.46. The van der Waals surface area contributed by atoms with Gasteiger partial charge >= 0.3 is 0 Å². The van der Waals surface area contributed by atoms with E-state index in [0.29, 0.717) is 6.42 Å². The highest BCUT2D eigenvalue weighted by Crippen LogP contribution is 2.18. The molecule has 12 heavy (non-hydrogen) atoms. The highest BCUT2D eigenvalue weighted by atomic mass is 14.9. The van der Waals surface area contributed by atoms with E-state index < -0.39 is 5.66 Å². The average Bonchev–Trinajstić information content (AvgIpc) is 2.02. The number of rotatable bonds is 0. The minimum Gasteiger partial charge on any atom is -0.310 e. The van der Waals surface area contributed by atoms with Gasteiger partial charge in [-0.15, -0.1) is 0 Å². The van der Waals surface area contributed by atoms with E-state index in [0.717, 1.165) is 5.56 Å². The first kappa shape index (κ1) is 7.53. The molecule has 2 heteroatoms. The lowest BCUT2D eigenvalue weighted by Crippen LogP contribution is -2.50. The number of fused-ring (bicyclic) bond motifs is 1. The fourth-order valence-electron chi connectivity index (χ4n) is 1.41. The summed E-state index contributed by atoms with van der Waals surface area (Å²) in [5.41, 5.74) is 13.1. The van der Waals surface area contributed by atoms with Crippen LogP contribution in [0.1, 0.15) is 11.1 Å². The third-order valence-corrected chi connectivity index (χ3v) is 2.01. The molecule has 0 atom stereocenters. The van der Waals surface area contributed by atoms with Crippen LogP contribution in [0.25, 0.3) is 0 Å². The molecule has 1 aromatic rings. The molecule has 0 spiro atoms. The maximum Gasteiger partial charge on any atom is 0.0879 e. The molecular formula is C10H11N2. The molecule has 1 radical (unpaired) electrons. The third kappa shape index (κ3) is 1.26. The molecule has 61 valence electrons. The van der Waals surface area contributed by atoms with Gasteiger partial charge in [-0.3, -0.25) is 0 Å². The monoisotopic (exact) mass is 159 g/mol. The fourth-order valence-corrected chi connectivity index (χ4v) is 1.41. The number of hydrogen-bond acceptors (Lipinski definition) is 2. The molecule has 0 bridgehead atoms. The molecule has 4 N–H and O–H groups in total. The fraction of sp³-hybridized carbons (Fsp3) is 0.200. The van der Waals surface area contributed by atoms with E-state index >= 15 is 0 Å². The van der Waals surface area contributed by atoms with Crippen LogP contribution in [0.2, 0.25) is 0 Å². The quantitative estimate of drug-likeness (QED) is 0.543. The van der Waals surface area contributed by atoms with Crippen molar-refractivity contribution in [1.82, 2.24) is 0 Å². The van der Waals surface area contributed by atoms with E-state index in [-0.39, 0.29) is 0 Å². The summed E-state index contributed by atoms with van der Waals surface area (Å²) in [7, 11) is 0. The van der Waals surface area contributed by atoms with Crippen molar-refractivity contribution < 1.29 is 0 Å². The lowest BCUT2D eigenvalue weighted by Gasteiger charge is -2.24. The number of benzene rings is 1. The van der Waals surface area contributed by atoms with Gasteiger partial charge in [0.25, 0.3) is 0 Å². The Hall–Kier alpha value is -1.12.